The molecule has 0 spiro atoms. The van der Waals surface area contributed by atoms with E-state index >= 15 is 0 Å². The molecule has 0 saturated carbocycles. The molecule has 7 heteroatoms. The van der Waals surface area contributed by atoms with Crippen LogP contribution in [0, 0.1) is 17.0 Å². The van der Waals surface area contributed by atoms with E-state index in [0.29, 0.717) is 16.3 Å². The number of halogens is 1. The number of nitrogens with one attached hydrogen (secondary N) is 1. The number of thioether (sulfide) groups is 1. The maximum Gasteiger partial charge on any atom is 0.274 e. The van der Waals surface area contributed by atoms with Crippen molar-refractivity contribution in [3.8, 4) is 0 Å². The van der Waals surface area contributed by atoms with Crippen molar-refractivity contribution in [2.45, 2.75) is 11.8 Å². The van der Waals surface area contributed by atoms with E-state index in [0.717, 1.165) is 4.90 Å². The van der Waals surface area contributed by atoms with E-state index in [1.54, 1.807) is 25.1 Å². The van der Waals surface area contributed by atoms with Gasteiger partial charge in [-0.25, -0.2) is 0 Å². The third-order valence-corrected chi connectivity index (χ3v) is 4.40. The van der Waals surface area contributed by atoms with Crippen molar-refractivity contribution in [2.24, 2.45) is 0 Å². The fourth-order valence-corrected chi connectivity index (χ4v) is 2.82. The number of anilines is 1. The van der Waals surface area contributed by atoms with Gasteiger partial charge in [0.15, 0.2) is 0 Å². The van der Waals surface area contributed by atoms with E-state index in [1.165, 1.54) is 17.8 Å². The molecular formula is C15H13ClN2O3S. The molecule has 0 heterocycles. The van der Waals surface area contributed by atoms with E-state index in [-0.39, 0.29) is 17.3 Å². The van der Waals surface area contributed by atoms with Gasteiger partial charge in [0.2, 0.25) is 5.91 Å². The van der Waals surface area contributed by atoms with Gasteiger partial charge in [-0.2, -0.15) is 0 Å². The van der Waals surface area contributed by atoms with Crippen LogP contribution < -0.4 is 5.32 Å². The SMILES string of the molecule is Cc1ccc(NC(=O)CSc2ccccc2Cl)cc1[N+](=O)[O-]. The topological polar surface area (TPSA) is 72.2 Å². The molecule has 5 nitrogen and oxygen atoms in total. The van der Waals surface area contributed by atoms with Crippen LogP contribution in [0.25, 0.3) is 0 Å². The molecule has 1 amide bonds. The minimum absolute atomic E-state index is 0.0171. The Morgan fingerprint density at radius 3 is 2.73 bits per heavy atom. The molecule has 0 aliphatic rings. The number of rotatable bonds is 5. The number of carbonyl (C=O) groups is 1. The number of nitro benzene ring substituents is 1. The van der Waals surface area contributed by atoms with Gasteiger partial charge in [-0.3, -0.25) is 14.9 Å². The monoisotopic (exact) mass is 336 g/mol. The third kappa shape index (κ3) is 4.22. The van der Waals surface area contributed by atoms with Gasteiger partial charge >= 0.3 is 0 Å². The molecule has 0 aromatic heterocycles. The number of hydrogen-bond donors (Lipinski definition) is 1. The third-order valence-electron chi connectivity index (χ3n) is 2.89. The van der Waals surface area contributed by atoms with Crippen molar-refractivity contribution in [2.75, 3.05) is 11.1 Å². The van der Waals surface area contributed by atoms with Crippen molar-refractivity contribution in [3.05, 3.63) is 63.2 Å². The van der Waals surface area contributed by atoms with Gasteiger partial charge < -0.3 is 5.32 Å². The normalized spacial score (nSPS) is 10.3. The lowest BCUT2D eigenvalue weighted by Crippen LogP contribution is -2.14. The summed E-state index contributed by atoms with van der Waals surface area (Å²) in [5.74, 6) is -0.0751. The van der Waals surface area contributed by atoms with Crippen LogP contribution in [0.2, 0.25) is 5.02 Å². The molecule has 2 aromatic carbocycles. The maximum atomic E-state index is 11.9. The second-order valence-corrected chi connectivity index (χ2v) is 5.95. The zero-order valence-corrected chi connectivity index (χ0v) is 13.3. The summed E-state index contributed by atoms with van der Waals surface area (Å²) in [5.41, 5.74) is 0.937. The fourth-order valence-electron chi connectivity index (χ4n) is 1.79. The lowest BCUT2D eigenvalue weighted by molar-refractivity contribution is -0.385. The summed E-state index contributed by atoms with van der Waals surface area (Å²) >= 11 is 7.32. The standard InChI is InChI=1S/C15H13ClN2O3S/c1-10-6-7-11(8-13(10)18(20)21)17-15(19)9-22-14-5-3-2-4-12(14)16/h2-8H,9H2,1H3,(H,17,19). The van der Waals surface area contributed by atoms with Crippen molar-refractivity contribution in [1.82, 2.24) is 0 Å². The Hall–Kier alpha value is -2.05. The van der Waals surface area contributed by atoms with E-state index in [9.17, 15) is 14.9 Å². The number of nitrogens with zero attached hydrogens (tertiary/aromatic N) is 1. The molecule has 22 heavy (non-hydrogen) atoms. The van der Waals surface area contributed by atoms with Gasteiger partial charge in [-0.15, -0.1) is 11.8 Å². The number of hydrogen-bond acceptors (Lipinski definition) is 4. The average molecular weight is 337 g/mol. The first kappa shape index (κ1) is 16.3. The van der Waals surface area contributed by atoms with Crippen LogP contribution in [0.15, 0.2) is 47.4 Å². The molecule has 2 rings (SSSR count). The largest absolute Gasteiger partial charge is 0.325 e. The Morgan fingerprint density at radius 2 is 2.05 bits per heavy atom. The molecule has 0 atom stereocenters. The summed E-state index contributed by atoms with van der Waals surface area (Å²) in [6, 6.07) is 11.8. The van der Waals surface area contributed by atoms with Crippen LogP contribution in [0.3, 0.4) is 0 Å². The van der Waals surface area contributed by atoms with Crippen LogP contribution in [0.1, 0.15) is 5.56 Å². The zero-order chi connectivity index (χ0) is 16.1. The summed E-state index contributed by atoms with van der Waals surface area (Å²) in [6.07, 6.45) is 0. The van der Waals surface area contributed by atoms with Gasteiger partial charge in [0.1, 0.15) is 0 Å². The maximum absolute atomic E-state index is 11.9. The van der Waals surface area contributed by atoms with Crippen molar-refractivity contribution in [3.63, 3.8) is 0 Å². The number of benzene rings is 2. The molecule has 114 valence electrons. The Morgan fingerprint density at radius 1 is 1.32 bits per heavy atom. The summed E-state index contributed by atoms with van der Waals surface area (Å²) in [4.78, 5) is 23.1. The minimum atomic E-state index is -0.469. The van der Waals surface area contributed by atoms with Gasteiger partial charge in [-0.05, 0) is 25.1 Å². The Bertz CT molecular complexity index is 722. The van der Waals surface area contributed by atoms with Gasteiger partial charge in [-0.1, -0.05) is 29.8 Å². The number of aryl methyl sites for hydroxylation is 1. The predicted molar refractivity (Wildman–Crippen MR) is 88.6 cm³/mol. The molecule has 1 N–H and O–H groups in total. The van der Waals surface area contributed by atoms with E-state index in [4.69, 9.17) is 11.6 Å². The van der Waals surface area contributed by atoms with E-state index in [1.807, 2.05) is 18.2 Å². The number of nitro groups is 1. The predicted octanol–water partition coefficient (Wildman–Crippen LogP) is 4.29. The lowest BCUT2D eigenvalue weighted by Gasteiger charge is -2.07. The molecule has 0 fully saturated rings. The van der Waals surface area contributed by atoms with Gasteiger partial charge in [0, 0.05) is 22.2 Å². The van der Waals surface area contributed by atoms with Crippen molar-refractivity contribution in [1.29, 1.82) is 0 Å². The Labute approximate surface area is 136 Å². The van der Waals surface area contributed by atoms with Crippen LogP contribution in [0.5, 0.6) is 0 Å². The van der Waals surface area contributed by atoms with Crippen molar-refractivity contribution >= 4 is 40.6 Å². The summed E-state index contributed by atoms with van der Waals surface area (Å²) < 4.78 is 0. The molecule has 0 unspecified atom stereocenters. The Balaban J connectivity index is 1.99. The molecule has 2 aromatic rings. The van der Waals surface area contributed by atoms with Crippen LogP contribution in [-0.2, 0) is 4.79 Å². The second kappa shape index (κ2) is 7.29. The Kier molecular flexibility index (Phi) is 5.41. The van der Waals surface area contributed by atoms with Gasteiger partial charge in [0.05, 0.1) is 15.7 Å². The van der Waals surface area contributed by atoms with Crippen LogP contribution in [0.4, 0.5) is 11.4 Å². The highest BCUT2D eigenvalue weighted by Crippen LogP contribution is 2.27. The second-order valence-electron chi connectivity index (χ2n) is 4.53. The molecule has 0 aliphatic heterocycles. The fraction of sp³-hybridized carbons (Fsp3) is 0.133. The molecule has 0 bridgehead atoms. The smallest absolute Gasteiger partial charge is 0.274 e. The van der Waals surface area contributed by atoms with Crippen LogP contribution >= 0.6 is 23.4 Å². The van der Waals surface area contributed by atoms with Crippen LogP contribution in [-0.4, -0.2) is 16.6 Å². The summed E-state index contributed by atoms with van der Waals surface area (Å²) in [6.45, 7) is 1.65. The van der Waals surface area contributed by atoms with E-state index in [2.05, 4.69) is 5.32 Å². The molecular weight excluding hydrogens is 324 g/mol. The summed E-state index contributed by atoms with van der Waals surface area (Å²) in [5, 5.41) is 14.1. The molecule has 0 aliphatic carbocycles. The van der Waals surface area contributed by atoms with E-state index < -0.39 is 4.92 Å². The van der Waals surface area contributed by atoms with Crippen molar-refractivity contribution < 1.29 is 9.72 Å². The number of amides is 1. The minimum Gasteiger partial charge on any atom is -0.325 e. The highest BCUT2D eigenvalue weighted by atomic mass is 35.5. The highest BCUT2D eigenvalue weighted by molar-refractivity contribution is 8.00. The highest BCUT2D eigenvalue weighted by Gasteiger charge is 2.12. The van der Waals surface area contributed by atoms with Gasteiger partial charge in [0.25, 0.3) is 5.69 Å². The molecule has 0 radical (unpaired) electrons. The summed E-state index contributed by atoms with van der Waals surface area (Å²) in [7, 11) is 0. The first-order chi connectivity index (χ1) is 10.5. The quantitative estimate of drug-likeness (QED) is 0.502. The lowest BCUT2D eigenvalue weighted by atomic mass is 10.2. The average Bonchev–Trinajstić information content (AvgIpc) is 2.48. The zero-order valence-electron chi connectivity index (χ0n) is 11.7. The number of carbonyl (C=O) groups excluding carboxylic acids is 1. The first-order valence-corrected chi connectivity index (χ1v) is 7.76. The molecule has 0 saturated heterocycles. The first-order valence-electron chi connectivity index (χ1n) is 6.39.